The lowest BCUT2D eigenvalue weighted by Crippen LogP contribution is -2.49. The number of carbonyl (C=O) groups excluding carboxylic acids is 3. The average Bonchev–Trinajstić information content (AvgIpc) is 3.80. The number of anilines is 1. The predicted molar refractivity (Wildman–Crippen MR) is 256 cm³/mol. The number of rotatable bonds is 6. The number of Topliss-reactive ketones (excluding diaryl/α,β-unsaturated/α-hetero) is 1. The second-order valence-electron chi connectivity index (χ2n) is 20.4. The summed E-state index contributed by atoms with van der Waals surface area (Å²) in [5.74, 6) is -6.55. The third-order valence-corrected chi connectivity index (χ3v) is 14.8. The van der Waals surface area contributed by atoms with Gasteiger partial charge < -0.3 is 54.5 Å². The van der Waals surface area contributed by atoms with Crippen LogP contribution in [0.1, 0.15) is 84.2 Å². The lowest BCUT2D eigenvalue weighted by Gasteiger charge is -2.38. The molecule has 9 atom stereocenters. The largest absolute Gasteiger partial charge is 0.507 e. The molecule has 1 spiro atoms. The summed E-state index contributed by atoms with van der Waals surface area (Å²) in [6.45, 7) is 21.5. The van der Waals surface area contributed by atoms with E-state index in [0.29, 0.717) is 37.5 Å². The normalized spacial score (nSPS) is 32.5. The summed E-state index contributed by atoms with van der Waals surface area (Å²) in [5, 5.41) is 51.3. The Hall–Kier alpha value is -4.91. The summed E-state index contributed by atoms with van der Waals surface area (Å²) in [4.78, 5) is 58.8. The molecule has 2 fully saturated rings. The Kier molecular flexibility index (Phi) is 15.1. The number of hydrogen-bond acceptors (Lipinski definition) is 16. The number of nitrogens with zero attached hydrogens (tertiary/aromatic N) is 5. The highest BCUT2D eigenvalue weighted by Gasteiger charge is 2.51. The van der Waals surface area contributed by atoms with Crippen molar-refractivity contribution in [3.63, 3.8) is 0 Å². The van der Waals surface area contributed by atoms with Gasteiger partial charge in [0.1, 0.15) is 34.0 Å². The van der Waals surface area contributed by atoms with Gasteiger partial charge in [-0.1, -0.05) is 59.8 Å². The van der Waals surface area contributed by atoms with E-state index in [-0.39, 0.29) is 56.2 Å². The number of aromatic hydroxyl groups is 2. The Labute approximate surface area is 399 Å². The van der Waals surface area contributed by atoms with Gasteiger partial charge in [0.2, 0.25) is 0 Å². The van der Waals surface area contributed by atoms with Crippen molar-refractivity contribution >= 4 is 34.1 Å². The fourth-order valence-corrected chi connectivity index (χ4v) is 10.4. The first-order valence-corrected chi connectivity index (χ1v) is 24.1. The van der Waals surface area contributed by atoms with Crippen molar-refractivity contribution in [2.45, 2.75) is 111 Å². The number of ketones is 1. The minimum Gasteiger partial charge on any atom is -0.507 e. The molecule has 0 aliphatic carbocycles. The van der Waals surface area contributed by atoms with Gasteiger partial charge in [-0.2, -0.15) is 0 Å². The van der Waals surface area contributed by atoms with E-state index >= 15 is 0 Å². The number of ether oxygens (including phenoxy) is 4. The molecule has 2 aromatic rings. The van der Waals surface area contributed by atoms with Gasteiger partial charge in [-0.05, 0) is 32.9 Å². The van der Waals surface area contributed by atoms with Crippen molar-refractivity contribution in [3.05, 3.63) is 58.0 Å². The number of esters is 1. The predicted octanol–water partition coefficient (Wildman–Crippen LogP) is 3.98. The minimum atomic E-state index is -1.97. The standard InChI is InChI=1S/C51H72N6O11/c1-27(2)25-56-18-16-51(17-19-56)53-39-36-37-44(61)33(8)47-38(36)48(63)50(9,68-47)66-24-15-34(65-11)30(5)46(67-35(58)26-57-22-20-55(10)21-23-57)32(7)43(60)31(6)42(59)28(3)13-12-14-29(4)49(64)52-41(45(37)62)40(39)54-51/h12-15,24,27-28,30-32,34,42-43,46,53,59-62H,16-23,25-26H2,1-11H3/b13-12+,24-15+,29-14-,52-41?/t28-,30+,31+,32+,34-,42-,43+,46+,50-/m0/s1. The zero-order chi connectivity index (χ0) is 49.6. The van der Waals surface area contributed by atoms with Crippen LogP contribution in [0.5, 0.6) is 17.2 Å². The molecule has 2 aromatic carbocycles. The number of methoxy groups -OCH3 is 1. The van der Waals surface area contributed by atoms with Crippen LogP contribution in [0, 0.1) is 36.5 Å². The molecule has 68 heavy (non-hydrogen) atoms. The van der Waals surface area contributed by atoms with E-state index in [1.54, 1.807) is 58.9 Å². The molecule has 5 bridgehead atoms. The van der Waals surface area contributed by atoms with Gasteiger partial charge in [-0.25, -0.2) is 4.99 Å². The van der Waals surface area contributed by atoms with E-state index in [1.165, 1.54) is 20.3 Å². The Morgan fingerprint density at radius 1 is 0.912 bits per heavy atom. The Balaban J connectivity index is 1.34. The summed E-state index contributed by atoms with van der Waals surface area (Å²) in [6.07, 6.45) is 5.09. The molecule has 0 unspecified atom stereocenters. The highest BCUT2D eigenvalue weighted by Crippen LogP contribution is 2.51. The second kappa shape index (κ2) is 20.2. The number of phenolic OH excluding ortho intramolecular Hbond substituents is 2. The van der Waals surface area contributed by atoms with Crippen LogP contribution in [0.25, 0.3) is 10.8 Å². The van der Waals surface area contributed by atoms with E-state index in [0.717, 1.165) is 32.7 Å². The number of nitrogens with one attached hydrogen (secondary N) is 1. The number of likely N-dealkylation sites (tertiary alicyclic amines) is 1. The van der Waals surface area contributed by atoms with Gasteiger partial charge in [0, 0.05) is 113 Å². The number of fused-ring (bicyclic) bond motifs is 13. The molecule has 5 N–H and O–H groups in total. The number of allylic oxidation sites excluding steroid dienone is 2. The number of benzene rings is 2. The van der Waals surface area contributed by atoms with Gasteiger partial charge in [0.05, 0.1) is 47.8 Å². The Morgan fingerprint density at radius 2 is 1.59 bits per heavy atom. The number of hydrogen-bond donors (Lipinski definition) is 5. The number of phenols is 2. The summed E-state index contributed by atoms with van der Waals surface area (Å²) in [6, 6.07) is 0. The maximum absolute atomic E-state index is 14.9. The number of piperazine rings is 1. The molecule has 372 valence electrons. The summed E-state index contributed by atoms with van der Waals surface area (Å²) >= 11 is 0. The number of likely N-dealkylation sites (N-methyl/N-ethyl adjacent to an activating group) is 1. The smallest absolute Gasteiger partial charge is 0.320 e. The van der Waals surface area contributed by atoms with Crippen molar-refractivity contribution in [1.82, 2.24) is 14.7 Å². The SMILES string of the molecule is CO[C@H]1/C=C/O[C@@]2(C)Oc3c(C)c(O)c4c(O)c(c5c(c4c3C2=O)NC2(CCN(CC(C)C)CC2)N=5)=NC(=O)/C(C)=C\C=C\[C@H](C)[C@H](O)[C@@H](C)[C@@H](O)[C@@H](C)[C@H](OC(=O)CN2CCN(C)CC2)[C@@H]1C. The molecule has 6 aliphatic rings. The molecule has 6 heterocycles. The van der Waals surface area contributed by atoms with Gasteiger partial charge in [-0.3, -0.25) is 24.3 Å². The number of amides is 1. The van der Waals surface area contributed by atoms with Crippen LogP contribution in [-0.4, -0.2) is 155 Å². The Morgan fingerprint density at radius 3 is 2.24 bits per heavy atom. The first-order valence-electron chi connectivity index (χ1n) is 24.1. The maximum atomic E-state index is 14.9. The van der Waals surface area contributed by atoms with Crippen molar-refractivity contribution in [2.75, 3.05) is 71.8 Å². The summed E-state index contributed by atoms with van der Waals surface area (Å²) in [5.41, 5.74) is -0.111. The van der Waals surface area contributed by atoms with E-state index in [9.17, 15) is 34.8 Å². The summed E-state index contributed by atoms with van der Waals surface area (Å²) < 4.78 is 24.8. The van der Waals surface area contributed by atoms with E-state index < -0.39 is 82.9 Å². The molecule has 17 heteroatoms. The van der Waals surface area contributed by atoms with Gasteiger partial charge >= 0.3 is 11.8 Å². The molecule has 0 saturated carbocycles. The van der Waals surface area contributed by atoms with Gasteiger partial charge in [0.15, 0.2) is 5.75 Å². The fraction of sp³-hybridized carbons (Fsp3) is 0.627. The highest BCUT2D eigenvalue weighted by atomic mass is 16.7. The molecule has 1 amide bonds. The van der Waals surface area contributed by atoms with Crippen LogP contribution in [0.3, 0.4) is 0 Å². The molecular weight excluding hydrogens is 873 g/mol. The van der Waals surface area contributed by atoms with Crippen molar-refractivity contribution < 1.29 is 53.8 Å². The van der Waals surface area contributed by atoms with Gasteiger partial charge in [0.25, 0.3) is 11.7 Å². The molecular formula is C51H72N6O11. The highest BCUT2D eigenvalue weighted by molar-refractivity contribution is 6.21. The van der Waals surface area contributed by atoms with Crippen LogP contribution in [-0.2, 0) is 23.8 Å². The summed E-state index contributed by atoms with van der Waals surface area (Å²) in [7, 11) is 3.53. The van der Waals surface area contributed by atoms with E-state index in [4.69, 9.17) is 23.9 Å². The van der Waals surface area contributed by atoms with Crippen LogP contribution in [0.4, 0.5) is 5.69 Å². The monoisotopic (exact) mass is 945 g/mol. The molecule has 6 aliphatic heterocycles. The molecule has 17 nitrogen and oxygen atoms in total. The third-order valence-electron chi connectivity index (χ3n) is 14.8. The minimum absolute atomic E-state index is 0.0560. The first-order chi connectivity index (χ1) is 32.1. The zero-order valence-electron chi connectivity index (χ0n) is 41.5. The molecule has 0 aromatic heterocycles. The van der Waals surface area contributed by atoms with Crippen LogP contribution in [0.2, 0.25) is 0 Å². The maximum Gasteiger partial charge on any atom is 0.320 e. The number of aliphatic hydroxyl groups is 2. The first kappa shape index (κ1) is 51.0. The van der Waals surface area contributed by atoms with Crippen molar-refractivity contribution in [2.24, 2.45) is 39.6 Å². The fourth-order valence-electron chi connectivity index (χ4n) is 10.4. The van der Waals surface area contributed by atoms with Crippen LogP contribution in [0.15, 0.2) is 46.1 Å². The topological polar surface area (TPSA) is 216 Å². The van der Waals surface area contributed by atoms with Crippen LogP contribution < -0.4 is 20.8 Å². The van der Waals surface area contributed by atoms with E-state index in [1.807, 2.05) is 18.9 Å². The third kappa shape index (κ3) is 9.92. The number of aliphatic hydroxyl groups excluding tert-OH is 2. The van der Waals surface area contributed by atoms with E-state index in [2.05, 4.69) is 34.0 Å². The quantitative estimate of drug-likeness (QED) is 0.205. The van der Waals surface area contributed by atoms with Crippen molar-refractivity contribution in [3.8, 4) is 17.2 Å². The lowest BCUT2D eigenvalue weighted by atomic mass is 9.78. The lowest BCUT2D eigenvalue weighted by molar-refractivity contribution is -0.164. The molecule has 8 rings (SSSR count). The Bertz CT molecular complexity index is 2490. The number of piperidine rings is 1. The second-order valence-corrected chi connectivity index (χ2v) is 20.4. The molecule has 0 radical (unpaired) electrons. The number of carbonyl (C=O) groups is 3. The zero-order valence-corrected chi connectivity index (χ0v) is 41.5. The average molecular weight is 945 g/mol. The van der Waals surface area contributed by atoms with Crippen LogP contribution >= 0.6 is 0 Å². The van der Waals surface area contributed by atoms with Gasteiger partial charge in [-0.15, -0.1) is 0 Å². The molecule has 2 saturated heterocycles. The van der Waals surface area contributed by atoms with Crippen molar-refractivity contribution in [1.29, 1.82) is 0 Å².